The van der Waals surface area contributed by atoms with Crippen LogP contribution in [0.5, 0.6) is 0 Å². The van der Waals surface area contributed by atoms with Crippen molar-refractivity contribution in [3.8, 4) is 0 Å². The van der Waals surface area contributed by atoms with Crippen molar-refractivity contribution >= 4 is 17.7 Å². The maximum Gasteiger partial charge on any atom is 0.165 e. The van der Waals surface area contributed by atoms with E-state index in [-0.39, 0.29) is 5.15 Å². The molecule has 0 saturated heterocycles. The van der Waals surface area contributed by atoms with Gasteiger partial charge in [-0.25, -0.2) is 9.37 Å². The highest BCUT2D eigenvalue weighted by Crippen LogP contribution is 2.19. The molecule has 0 amide bonds. The number of nitrogens with one attached hydrogen (secondary N) is 1. The van der Waals surface area contributed by atoms with Crippen LogP contribution in [0.2, 0.25) is 5.15 Å². The summed E-state index contributed by atoms with van der Waals surface area (Å²) in [6.45, 7) is 8.14. The highest BCUT2D eigenvalue weighted by Gasteiger charge is 2.10. The van der Waals surface area contributed by atoms with Gasteiger partial charge in [-0.3, -0.25) is 0 Å². The molecule has 0 saturated carbocycles. The summed E-state index contributed by atoms with van der Waals surface area (Å²) in [6, 6.07) is 0. The molecule has 15 heavy (non-hydrogen) atoms. The van der Waals surface area contributed by atoms with Crippen LogP contribution in [-0.4, -0.2) is 11.5 Å². The zero-order valence-corrected chi connectivity index (χ0v) is 9.02. The maximum atomic E-state index is 13.6. The van der Waals surface area contributed by atoms with Gasteiger partial charge >= 0.3 is 0 Å². The number of halogens is 2. The molecular formula is C11H12ClFN2. The molecule has 1 heterocycles. The van der Waals surface area contributed by atoms with Gasteiger partial charge in [0, 0.05) is 24.8 Å². The third-order valence-corrected chi connectivity index (χ3v) is 2.19. The van der Waals surface area contributed by atoms with Crippen molar-refractivity contribution < 1.29 is 4.39 Å². The average molecular weight is 227 g/mol. The standard InChI is InChI=1S/C11H12ClFN2/c1-3-5-14-7-9-8(4-2)6-15-11(12)10(9)13/h3-4,6,14H,1-2,5,7H2. The molecule has 0 aliphatic heterocycles. The second-order valence-corrected chi connectivity index (χ2v) is 3.28. The number of nitrogens with zero attached hydrogens (tertiary/aromatic N) is 1. The summed E-state index contributed by atoms with van der Waals surface area (Å²) < 4.78 is 13.6. The van der Waals surface area contributed by atoms with E-state index in [4.69, 9.17) is 11.6 Å². The molecule has 2 nitrogen and oxygen atoms in total. The molecule has 1 rings (SSSR count). The Morgan fingerprint density at radius 2 is 2.27 bits per heavy atom. The molecule has 80 valence electrons. The first-order chi connectivity index (χ1) is 7.20. The van der Waals surface area contributed by atoms with Crippen LogP contribution in [0.4, 0.5) is 4.39 Å². The van der Waals surface area contributed by atoms with Crippen LogP contribution in [0.1, 0.15) is 11.1 Å². The second kappa shape index (κ2) is 5.63. The van der Waals surface area contributed by atoms with Crippen LogP contribution in [-0.2, 0) is 6.54 Å². The first-order valence-electron chi connectivity index (χ1n) is 4.47. The Kier molecular flexibility index (Phi) is 4.46. The van der Waals surface area contributed by atoms with Gasteiger partial charge in [-0.05, 0) is 5.56 Å². The summed E-state index contributed by atoms with van der Waals surface area (Å²) >= 11 is 5.59. The van der Waals surface area contributed by atoms with E-state index in [1.54, 1.807) is 12.2 Å². The van der Waals surface area contributed by atoms with E-state index in [1.165, 1.54) is 6.20 Å². The molecule has 4 heteroatoms. The van der Waals surface area contributed by atoms with Gasteiger partial charge in [0.05, 0.1) is 0 Å². The summed E-state index contributed by atoms with van der Waals surface area (Å²) in [4.78, 5) is 3.71. The minimum atomic E-state index is -0.495. The summed E-state index contributed by atoms with van der Waals surface area (Å²) in [5.41, 5.74) is 1.13. The second-order valence-electron chi connectivity index (χ2n) is 2.92. The molecule has 1 aromatic heterocycles. The molecule has 0 bridgehead atoms. The minimum Gasteiger partial charge on any atom is -0.309 e. The largest absolute Gasteiger partial charge is 0.309 e. The highest BCUT2D eigenvalue weighted by molar-refractivity contribution is 6.29. The molecule has 0 fully saturated rings. The quantitative estimate of drug-likeness (QED) is 0.475. The first-order valence-corrected chi connectivity index (χ1v) is 4.85. The fourth-order valence-electron chi connectivity index (χ4n) is 1.17. The number of aromatic nitrogens is 1. The Balaban J connectivity index is 2.95. The van der Waals surface area contributed by atoms with Gasteiger partial charge in [-0.15, -0.1) is 6.58 Å². The van der Waals surface area contributed by atoms with Gasteiger partial charge in [0.15, 0.2) is 11.0 Å². The first kappa shape index (κ1) is 11.9. The number of hydrogen-bond acceptors (Lipinski definition) is 2. The normalized spacial score (nSPS) is 10.0. The summed E-state index contributed by atoms with van der Waals surface area (Å²) in [7, 11) is 0. The van der Waals surface area contributed by atoms with Crippen molar-refractivity contribution in [2.45, 2.75) is 6.54 Å². The van der Waals surface area contributed by atoms with Crippen LogP contribution in [0.15, 0.2) is 25.4 Å². The smallest absolute Gasteiger partial charge is 0.165 e. The summed E-state index contributed by atoms with van der Waals surface area (Å²) in [6.07, 6.45) is 4.76. The minimum absolute atomic E-state index is 0.115. The molecule has 0 aromatic carbocycles. The molecule has 0 aliphatic rings. The van der Waals surface area contributed by atoms with Gasteiger partial charge < -0.3 is 5.32 Å². The van der Waals surface area contributed by atoms with Crippen molar-refractivity contribution in [1.82, 2.24) is 10.3 Å². The average Bonchev–Trinajstić information content (AvgIpc) is 2.25. The Morgan fingerprint density at radius 3 is 2.87 bits per heavy atom. The van der Waals surface area contributed by atoms with Crippen molar-refractivity contribution in [3.63, 3.8) is 0 Å². The van der Waals surface area contributed by atoms with Gasteiger partial charge in [0.1, 0.15) is 0 Å². The Labute approximate surface area is 93.5 Å². The molecule has 0 unspecified atom stereocenters. The highest BCUT2D eigenvalue weighted by atomic mass is 35.5. The van der Waals surface area contributed by atoms with Crippen LogP contribution < -0.4 is 5.32 Å². The molecule has 1 aromatic rings. The van der Waals surface area contributed by atoms with Crippen molar-refractivity contribution in [1.29, 1.82) is 0 Å². The van der Waals surface area contributed by atoms with E-state index >= 15 is 0 Å². The van der Waals surface area contributed by atoms with Crippen LogP contribution in [0.25, 0.3) is 6.08 Å². The molecular weight excluding hydrogens is 215 g/mol. The van der Waals surface area contributed by atoms with Crippen LogP contribution in [0, 0.1) is 5.82 Å². The van der Waals surface area contributed by atoms with Crippen molar-refractivity contribution in [2.24, 2.45) is 0 Å². The zero-order valence-electron chi connectivity index (χ0n) is 8.26. The Bertz CT molecular complexity index is 377. The number of hydrogen-bond donors (Lipinski definition) is 1. The summed E-state index contributed by atoms with van der Waals surface area (Å²) in [5, 5.41) is 2.89. The molecule has 1 N–H and O–H groups in total. The van der Waals surface area contributed by atoms with E-state index in [0.29, 0.717) is 24.2 Å². The van der Waals surface area contributed by atoms with Gasteiger partial charge in [0.25, 0.3) is 0 Å². The SMILES string of the molecule is C=CCNCc1c(C=C)cnc(Cl)c1F. The predicted molar refractivity (Wildman–Crippen MR) is 61.2 cm³/mol. The monoisotopic (exact) mass is 226 g/mol. The topological polar surface area (TPSA) is 24.9 Å². The maximum absolute atomic E-state index is 13.6. The van der Waals surface area contributed by atoms with Crippen LogP contribution >= 0.6 is 11.6 Å². The fourth-order valence-corrected chi connectivity index (χ4v) is 1.33. The third kappa shape index (κ3) is 2.88. The zero-order chi connectivity index (χ0) is 11.3. The van der Waals surface area contributed by atoms with E-state index in [2.05, 4.69) is 23.5 Å². The summed E-state index contributed by atoms with van der Waals surface area (Å²) in [5.74, 6) is -0.495. The Morgan fingerprint density at radius 1 is 1.53 bits per heavy atom. The van der Waals surface area contributed by atoms with E-state index < -0.39 is 5.82 Å². The van der Waals surface area contributed by atoms with E-state index in [9.17, 15) is 4.39 Å². The number of pyridine rings is 1. The van der Waals surface area contributed by atoms with Gasteiger partial charge in [-0.2, -0.15) is 0 Å². The Hall–Kier alpha value is -1.19. The van der Waals surface area contributed by atoms with Gasteiger partial charge in [-0.1, -0.05) is 30.3 Å². The van der Waals surface area contributed by atoms with E-state index in [0.717, 1.165) is 0 Å². The van der Waals surface area contributed by atoms with Gasteiger partial charge in [0.2, 0.25) is 0 Å². The molecule has 0 aliphatic carbocycles. The molecule has 0 spiro atoms. The fraction of sp³-hybridized carbons (Fsp3) is 0.182. The van der Waals surface area contributed by atoms with E-state index in [1.807, 2.05) is 0 Å². The van der Waals surface area contributed by atoms with Crippen molar-refractivity contribution in [3.05, 3.63) is 47.5 Å². The third-order valence-electron chi connectivity index (χ3n) is 1.92. The number of rotatable bonds is 5. The molecule has 0 radical (unpaired) electrons. The lowest BCUT2D eigenvalue weighted by Crippen LogP contribution is -2.15. The predicted octanol–water partition coefficient (Wildman–Crippen LogP) is 2.79. The molecule has 0 atom stereocenters. The lowest BCUT2D eigenvalue weighted by molar-refractivity contribution is 0.590. The lowest BCUT2D eigenvalue weighted by Gasteiger charge is -2.08. The van der Waals surface area contributed by atoms with Crippen molar-refractivity contribution in [2.75, 3.05) is 6.54 Å². The lowest BCUT2D eigenvalue weighted by atomic mass is 10.1. The van der Waals surface area contributed by atoms with Crippen LogP contribution in [0.3, 0.4) is 0 Å².